The number of phosphoric ester groups is 1. The molecule has 12 heteroatoms. The van der Waals surface area contributed by atoms with Crippen molar-refractivity contribution in [1.82, 2.24) is 0 Å². The number of halogens is 3. The van der Waals surface area contributed by atoms with Gasteiger partial charge in [0.25, 0.3) is 0 Å². The third-order valence-corrected chi connectivity index (χ3v) is 5.29. The SMILES string of the molecule is CC(C)=CCCC(C)=CCCC(=CCOP(=O)(O)OP(=O)(O)O)C(F)(F)F. The van der Waals surface area contributed by atoms with Gasteiger partial charge in [-0.3, -0.25) is 4.52 Å². The summed E-state index contributed by atoms with van der Waals surface area (Å²) < 4.78 is 68.3. The van der Waals surface area contributed by atoms with Crippen molar-refractivity contribution in [2.75, 3.05) is 6.61 Å². The van der Waals surface area contributed by atoms with E-state index in [-0.39, 0.29) is 12.8 Å². The molecular formula is C15H25F3O7P2. The maximum atomic E-state index is 13.0. The summed E-state index contributed by atoms with van der Waals surface area (Å²) in [6.45, 7) is 4.74. The van der Waals surface area contributed by atoms with E-state index >= 15 is 0 Å². The largest absolute Gasteiger partial charge is 0.481 e. The van der Waals surface area contributed by atoms with Gasteiger partial charge in [-0.1, -0.05) is 29.4 Å². The van der Waals surface area contributed by atoms with Crippen LogP contribution in [0.1, 0.15) is 46.5 Å². The Hall–Kier alpha value is -0.730. The second-order valence-electron chi connectivity index (χ2n) is 5.97. The minimum absolute atomic E-state index is 0.113. The molecule has 0 radical (unpaired) electrons. The average molecular weight is 436 g/mol. The zero-order valence-electron chi connectivity index (χ0n) is 15.3. The Morgan fingerprint density at radius 2 is 1.52 bits per heavy atom. The van der Waals surface area contributed by atoms with Crippen LogP contribution in [0.3, 0.4) is 0 Å². The average Bonchev–Trinajstić information content (AvgIpc) is 2.41. The summed E-state index contributed by atoms with van der Waals surface area (Å²) >= 11 is 0. The molecule has 0 amide bonds. The molecule has 0 aromatic heterocycles. The monoisotopic (exact) mass is 436 g/mol. The molecule has 27 heavy (non-hydrogen) atoms. The summed E-state index contributed by atoms with van der Waals surface area (Å²) in [6, 6.07) is 0. The predicted molar refractivity (Wildman–Crippen MR) is 94.7 cm³/mol. The third-order valence-electron chi connectivity index (χ3n) is 3.14. The van der Waals surface area contributed by atoms with Gasteiger partial charge in [0.15, 0.2) is 0 Å². The van der Waals surface area contributed by atoms with Crippen molar-refractivity contribution in [2.45, 2.75) is 52.6 Å². The molecule has 0 aliphatic carbocycles. The van der Waals surface area contributed by atoms with E-state index in [2.05, 4.69) is 8.83 Å². The van der Waals surface area contributed by atoms with Gasteiger partial charge in [0.1, 0.15) is 0 Å². The van der Waals surface area contributed by atoms with E-state index in [1.807, 2.05) is 26.8 Å². The van der Waals surface area contributed by atoms with Gasteiger partial charge >= 0.3 is 21.8 Å². The molecule has 0 saturated carbocycles. The van der Waals surface area contributed by atoms with Crippen LogP contribution in [0, 0.1) is 0 Å². The zero-order valence-corrected chi connectivity index (χ0v) is 17.1. The number of rotatable bonds is 11. The van der Waals surface area contributed by atoms with Gasteiger partial charge in [0.2, 0.25) is 0 Å². The van der Waals surface area contributed by atoms with Crippen molar-refractivity contribution in [1.29, 1.82) is 0 Å². The Bertz CT molecular complexity index is 659. The van der Waals surface area contributed by atoms with Gasteiger partial charge in [-0.05, 0) is 46.5 Å². The Morgan fingerprint density at radius 3 is 2.00 bits per heavy atom. The van der Waals surface area contributed by atoms with E-state index in [1.165, 1.54) is 0 Å². The van der Waals surface area contributed by atoms with Crippen molar-refractivity contribution in [3.05, 3.63) is 34.9 Å². The molecular weight excluding hydrogens is 411 g/mol. The molecule has 0 heterocycles. The molecule has 7 nitrogen and oxygen atoms in total. The van der Waals surface area contributed by atoms with Crippen molar-refractivity contribution in [3.63, 3.8) is 0 Å². The maximum Gasteiger partial charge on any atom is 0.481 e. The zero-order chi connectivity index (χ0) is 21.3. The molecule has 0 spiro atoms. The fourth-order valence-corrected chi connectivity index (χ4v) is 3.44. The van der Waals surface area contributed by atoms with E-state index in [1.54, 1.807) is 6.08 Å². The summed E-state index contributed by atoms with van der Waals surface area (Å²) in [6.07, 6.45) is 0.854. The van der Waals surface area contributed by atoms with Crippen LogP contribution in [0.15, 0.2) is 34.9 Å². The Balaban J connectivity index is 4.77. The number of alkyl halides is 3. The summed E-state index contributed by atoms with van der Waals surface area (Å²) in [5, 5.41) is 0. The highest BCUT2D eigenvalue weighted by atomic mass is 31.3. The minimum Gasteiger partial charge on any atom is -0.302 e. The predicted octanol–water partition coefficient (Wildman–Crippen LogP) is 5.17. The Labute approximate surface area is 156 Å². The van der Waals surface area contributed by atoms with Crippen molar-refractivity contribution >= 4 is 15.6 Å². The third kappa shape index (κ3) is 14.9. The fraction of sp³-hybridized carbons (Fsp3) is 0.600. The van der Waals surface area contributed by atoms with Crippen molar-refractivity contribution < 1.29 is 45.8 Å². The summed E-state index contributed by atoms with van der Waals surface area (Å²) in [7, 11) is -10.5. The lowest BCUT2D eigenvalue weighted by Crippen LogP contribution is -2.12. The van der Waals surface area contributed by atoms with Crippen LogP contribution in [-0.4, -0.2) is 27.5 Å². The normalized spacial score (nSPS) is 16.2. The first kappa shape index (κ1) is 26.3. The molecule has 1 unspecified atom stereocenters. The molecule has 158 valence electrons. The molecule has 0 saturated heterocycles. The van der Waals surface area contributed by atoms with Crippen LogP contribution in [0.2, 0.25) is 0 Å². The van der Waals surface area contributed by atoms with E-state index in [0.29, 0.717) is 6.08 Å². The lowest BCUT2D eigenvalue weighted by molar-refractivity contribution is -0.0944. The summed E-state index contributed by atoms with van der Waals surface area (Å²) in [5.74, 6) is 0. The number of allylic oxidation sites excluding steroid dienone is 5. The van der Waals surface area contributed by atoms with E-state index in [4.69, 9.17) is 14.7 Å². The van der Waals surface area contributed by atoms with Crippen LogP contribution in [0.4, 0.5) is 13.2 Å². The highest BCUT2D eigenvalue weighted by Gasteiger charge is 2.34. The maximum absolute atomic E-state index is 13.0. The lowest BCUT2D eigenvalue weighted by Gasteiger charge is -2.13. The molecule has 0 aromatic rings. The van der Waals surface area contributed by atoms with Crippen LogP contribution < -0.4 is 0 Å². The van der Waals surface area contributed by atoms with Crippen LogP contribution in [-0.2, 0) is 18.0 Å². The Morgan fingerprint density at radius 1 is 0.963 bits per heavy atom. The first-order valence-corrected chi connectivity index (χ1v) is 10.9. The van der Waals surface area contributed by atoms with Gasteiger partial charge in [-0.15, -0.1) is 0 Å². The first-order chi connectivity index (χ1) is 12.1. The minimum atomic E-state index is -5.32. The standard InChI is InChI=1S/C15H25F3O7P2/c1-12(2)6-4-7-13(3)8-5-9-14(15(16,17)18)10-11-24-27(22,23)25-26(19,20)21/h6,8,10H,4-5,7,9,11H2,1-3H3,(H,22,23)(H2,19,20,21). The van der Waals surface area contributed by atoms with Crippen molar-refractivity contribution in [3.8, 4) is 0 Å². The van der Waals surface area contributed by atoms with Crippen LogP contribution in [0.25, 0.3) is 0 Å². The van der Waals surface area contributed by atoms with Gasteiger partial charge in [-0.25, -0.2) is 9.13 Å². The molecule has 0 aromatic carbocycles. The van der Waals surface area contributed by atoms with Gasteiger partial charge in [0.05, 0.1) is 6.61 Å². The number of hydrogen-bond donors (Lipinski definition) is 3. The summed E-state index contributed by atoms with van der Waals surface area (Å²) in [4.78, 5) is 25.9. The van der Waals surface area contributed by atoms with Crippen LogP contribution in [0.5, 0.6) is 0 Å². The van der Waals surface area contributed by atoms with Gasteiger partial charge < -0.3 is 14.7 Å². The van der Waals surface area contributed by atoms with Crippen molar-refractivity contribution in [2.24, 2.45) is 0 Å². The highest BCUT2D eigenvalue weighted by Crippen LogP contribution is 2.57. The molecule has 0 aliphatic heterocycles. The van der Waals surface area contributed by atoms with Gasteiger partial charge in [0, 0.05) is 5.57 Å². The fourth-order valence-electron chi connectivity index (χ4n) is 1.91. The highest BCUT2D eigenvalue weighted by molar-refractivity contribution is 7.60. The van der Waals surface area contributed by atoms with E-state index in [0.717, 1.165) is 24.0 Å². The molecule has 3 N–H and O–H groups in total. The lowest BCUT2D eigenvalue weighted by atomic mass is 10.1. The number of hydrogen-bond acceptors (Lipinski definition) is 4. The molecule has 1 atom stereocenters. The second-order valence-corrected chi connectivity index (χ2v) is 8.80. The van der Waals surface area contributed by atoms with E-state index < -0.39 is 34.0 Å². The van der Waals surface area contributed by atoms with Gasteiger partial charge in [-0.2, -0.15) is 17.5 Å². The van der Waals surface area contributed by atoms with Crippen LogP contribution >= 0.6 is 15.6 Å². The molecule has 0 aliphatic rings. The summed E-state index contributed by atoms with van der Waals surface area (Å²) in [5.41, 5.74) is 1.13. The quantitative estimate of drug-likeness (QED) is 0.302. The number of phosphoric acid groups is 2. The topological polar surface area (TPSA) is 113 Å². The molecule has 0 fully saturated rings. The molecule has 0 bridgehead atoms. The van der Waals surface area contributed by atoms with E-state index in [9.17, 15) is 22.3 Å². The second kappa shape index (κ2) is 11.3. The molecule has 0 rings (SSSR count). The smallest absolute Gasteiger partial charge is 0.302 e. The first-order valence-electron chi connectivity index (χ1n) is 7.92. The Kier molecular flexibility index (Phi) is 11.0.